The minimum Gasteiger partial charge on any atom is -0.370 e. The van der Waals surface area contributed by atoms with Gasteiger partial charge < -0.3 is 11.1 Å². The van der Waals surface area contributed by atoms with Gasteiger partial charge in [0.1, 0.15) is 0 Å². The van der Waals surface area contributed by atoms with Gasteiger partial charge in [0.2, 0.25) is 0 Å². The van der Waals surface area contributed by atoms with Crippen LogP contribution in [0.1, 0.15) is 39.5 Å². The van der Waals surface area contributed by atoms with Gasteiger partial charge in [-0.3, -0.25) is 9.89 Å². The number of hydrogen-bond donors (Lipinski definition) is 2. The lowest BCUT2D eigenvalue weighted by atomic mass is 9.95. The number of nitrogens with zero attached hydrogens (tertiary/aromatic N) is 2. The third kappa shape index (κ3) is 4.02. The molecule has 19 heavy (non-hydrogen) atoms. The summed E-state index contributed by atoms with van der Waals surface area (Å²) in [5.41, 5.74) is 6.25. The predicted molar refractivity (Wildman–Crippen MR) is 84.9 cm³/mol. The molecule has 0 aromatic carbocycles. The topological polar surface area (TPSA) is 53.6 Å². The van der Waals surface area contributed by atoms with Crippen LogP contribution in [0.5, 0.6) is 0 Å². The van der Waals surface area contributed by atoms with Crippen LogP contribution in [0.25, 0.3) is 0 Å². The Morgan fingerprint density at radius 1 is 1.32 bits per heavy atom. The molecule has 0 bridgehead atoms. The number of hydrogen-bond acceptors (Lipinski definition) is 3. The fourth-order valence-corrected chi connectivity index (χ4v) is 4.12. The third-order valence-corrected chi connectivity index (χ3v) is 5.14. The second-order valence-corrected chi connectivity index (χ2v) is 7.26. The zero-order chi connectivity index (χ0) is 13.7. The monoisotopic (exact) mass is 284 g/mol. The summed E-state index contributed by atoms with van der Waals surface area (Å²) in [5.74, 6) is 3.14. The molecule has 1 saturated heterocycles. The molecule has 0 amide bonds. The molecule has 1 aliphatic heterocycles. The highest BCUT2D eigenvalue weighted by atomic mass is 32.2. The summed E-state index contributed by atoms with van der Waals surface area (Å²) >= 11 is 2.07. The molecule has 0 spiro atoms. The van der Waals surface area contributed by atoms with Gasteiger partial charge in [-0.15, -0.1) is 0 Å². The van der Waals surface area contributed by atoms with Crippen LogP contribution in [0.4, 0.5) is 0 Å². The average Bonchev–Trinajstić information content (AvgIpc) is 2.87. The van der Waals surface area contributed by atoms with Gasteiger partial charge in [0.05, 0.1) is 6.54 Å². The molecular weight excluding hydrogens is 256 g/mol. The molecule has 0 aromatic heterocycles. The quantitative estimate of drug-likeness (QED) is 0.609. The molecule has 1 aliphatic carbocycles. The summed E-state index contributed by atoms with van der Waals surface area (Å²) < 4.78 is 0. The highest BCUT2D eigenvalue weighted by molar-refractivity contribution is 7.99. The van der Waals surface area contributed by atoms with Crippen LogP contribution in [0.2, 0.25) is 0 Å². The Balaban J connectivity index is 1.98. The first-order valence-electron chi connectivity index (χ1n) is 7.52. The van der Waals surface area contributed by atoms with Crippen molar-refractivity contribution in [1.29, 1.82) is 0 Å². The molecule has 5 heteroatoms. The molecule has 3 N–H and O–H groups in total. The molecule has 2 fully saturated rings. The van der Waals surface area contributed by atoms with Crippen molar-refractivity contribution >= 4 is 17.7 Å². The highest BCUT2D eigenvalue weighted by Crippen LogP contribution is 2.36. The maximum absolute atomic E-state index is 5.96. The van der Waals surface area contributed by atoms with Gasteiger partial charge >= 0.3 is 0 Å². The Morgan fingerprint density at radius 3 is 2.53 bits per heavy atom. The maximum atomic E-state index is 5.96. The second kappa shape index (κ2) is 6.84. The molecular formula is C14H28N4S. The van der Waals surface area contributed by atoms with Crippen molar-refractivity contribution in [3.8, 4) is 0 Å². The lowest BCUT2D eigenvalue weighted by Gasteiger charge is -2.42. The molecule has 110 valence electrons. The number of aliphatic imine (C=N–C) groups is 1. The van der Waals surface area contributed by atoms with Crippen molar-refractivity contribution in [2.45, 2.75) is 51.1 Å². The van der Waals surface area contributed by atoms with Crippen LogP contribution in [0.3, 0.4) is 0 Å². The van der Waals surface area contributed by atoms with E-state index in [0.717, 1.165) is 6.54 Å². The Hall–Kier alpha value is -0.420. The maximum Gasteiger partial charge on any atom is 0.188 e. The fourth-order valence-electron chi connectivity index (χ4n) is 3.22. The van der Waals surface area contributed by atoms with Crippen LogP contribution in [0, 0.1) is 0 Å². The van der Waals surface area contributed by atoms with Crippen LogP contribution in [0.15, 0.2) is 4.99 Å². The van der Waals surface area contributed by atoms with Crippen LogP contribution >= 0.6 is 11.8 Å². The summed E-state index contributed by atoms with van der Waals surface area (Å²) in [4.78, 5) is 7.31. The zero-order valence-electron chi connectivity index (χ0n) is 12.3. The summed E-state index contributed by atoms with van der Waals surface area (Å²) in [7, 11) is 0. The van der Waals surface area contributed by atoms with E-state index in [1.54, 1.807) is 0 Å². The van der Waals surface area contributed by atoms with Gasteiger partial charge in [-0.05, 0) is 26.7 Å². The van der Waals surface area contributed by atoms with E-state index < -0.39 is 0 Å². The van der Waals surface area contributed by atoms with E-state index in [-0.39, 0.29) is 0 Å². The summed E-state index contributed by atoms with van der Waals surface area (Å²) in [6, 6.07) is 0.356. The zero-order valence-corrected chi connectivity index (χ0v) is 13.1. The first-order chi connectivity index (χ1) is 9.12. The second-order valence-electron chi connectivity index (χ2n) is 6.03. The molecule has 4 nitrogen and oxygen atoms in total. The normalized spacial score (nSPS) is 24.9. The minimum atomic E-state index is 0.296. The number of nitrogens with two attached hydrogens (primary N) is 1. The van der Waals surface area contributed by atoms with Crippen LogP contribution < -0.4 is 11.1 Å². The Labute approximate surface area is 121 Å². The molecule has 1 saturated carbocycles. The smallest absolute Gasteiger partial charge is 0.188 e. The van der Waals surface area contributed by atoms with E-state index in [9.17, 15) is 0 Å². The average molecular weight is 284 g/mol. The number of guanidine groups is 1. The third-order valence-electron chi connectivity index (χ3n) is 4.20. The van der Waals surface area contributed by atoms with Gasteiger partial charge in [-0.25, -0.2) is 0 Å². The lowest BCUT2D eigenvalue weighted by molar-refractivity contribution is 0.112. The Kier molecular flexibility index (Phi) is 5.39. The van der Waals surface area contributed by atoms with E-state index in [1.807, 2.05) is 0 Å². The van der Waals surface area contributed by atoms with Gasteiger partial charge in [-0.2, -0.15) is 11.8 Å². The lowest BCUT2D eigenvalue weighted by Crippen LogP contribution is -2.53. The first kappa shape index (κ1) is 15.0. The first-order valence-corrected chi connectivity index (χ1v) is 8.67. The number of rotatable bonds is 4. The largest absolute Gasteiger partial charge is 0.370 e. The molecule has 0 aromatic rings. The Bertz CT molecular complexity index is 305. The summed E-state index contributed by atoms with van der Waals surface area (Å²) in [5, 5.41) is 3.19. The number of nitrogens with one attached hydrogen (secondary N) is 1. The Morgan fingerprint density at radius 2 is 1.95 bits per heavy atom. The van der Waals surface area contributed by atoms with Gasteiger partial charge in [-0.1, -0.05) is 12.8 Å². The van der Waals surface area contributed by atoms with Crippen molar-refractivity contribution in [2.75, 3.05) is 31.1 Å². The van der Waals surface area contributed by atoms with Crippen molar-refractivity contribution < 1.29 is 0 Å². The summed E-state index contributed by atoms with van der Waals surface area (Å²) in [6.07, 6.45) is 5.26. The standard InChI is InChI=1S/C14H28N4S/c1-12(2)17-13(15)16-11-14(5-3-4-6-14)18-7-9-19-10-8-18/h12H,3-11H2,1-2H3,(H3,15,16,17). The molecule has 0 radical (unpaired) electrons. The molecule has 2 aliphatic rings. The van der Waals surface area contributed by atoms with Gasteiger partial charge in [0.15, 0.2) is 5.96 Å². The fraction of sp³-hybridized carbons (Fsp3) is 0.929. The van der Waals surface area contributed by atoms with E-state index in [4.69, 9.17) is 5.73 Å². The van der Waals surface area contributed by atoms with Crippen molar-refractivity contribution in [1.82, 2.24) is 10.2 Å². The van der Waals surface area contributed by atoms with E-state index in [0.29, 0.717) is 17.5 Å². The van der Waals surface area contributed by atoms with Crippen molar-refractivity contribution in [2.24, 2.45) is 10.7 Å². The number of thioether (sulfide) groups is 1. The highest BCUT2D eigenvalue weighted by Gasteiger charge is 2.39. The van der Waals surface area contributed by atoms with E-state index in [2.05, 4.69) is 40.8 Å². The van der Waals surface area contributed by atoms with Gasteiger partial charge in [0, 0.05) is 36.2 Å². The predicted octanol–water partition coefficient (Wildman–Crippen LogP) is 1.66. The van der Waals surface area contributed by atoms with E-state index in [1.165, 1.54) is 50.3 Å². The molecule has 2 rings (SSSR count). The van der Waals surface area contributed by atoms with Crippen LogP contribution in [-0.4, -0.2) is 53.6 Å². The van der Waals surface area contributed by atoms with Crippen molar-refractivity contribution in [3.05, 3.63) is 0 Å². The SMILES string of the molecule is CC(C)NC(N)=NCC1(N2CCSCC2)CCCC1. The van der Waals surface area contributed by atoms with E-state index >= 15 is 0 Å². The van der Waals surface area contributed by atoms with Gasteiger partial charge in [0.25, 0.3) is 0 Å². The molecule has 0 unspecified atom stereocenters. The van der Waals surface area contributed by atoms with Crippen molar-refractivity contribution in [3.63, 3.8) is 0 Å². The summed E-state index contributed by atoms with van der Waals surface area (Å²) in [6.45, 7) is 7.49. The molecule has 0 atom stereocenters. The minimum absolute atomic E-state index is 0.296. The molecule has 1 heterocycles. The van der Waals surface area contributed by atoms with Crippen LogP contribution in [-0.2, 0) is 0 Å².